The summed E-state index contributed by atoms with van der Waals surface area (Å²) in [7, 11) is 0. The first-order valence-electron chi connectivity index (χ1n) is 9.95. The zero-order chi connectivity index (χ0) is 19.7. The van der Waals surface area contributed by atoms with Crippen LogP contribution in [0.1, 0.15) is 16.7 Å². The molecule has 0 spiro atoms. The predicted octanol–water partition coefficient (Wildman–Crippen LogP) is 5.47. The van der Waals surface area contributed by atoms with Gasteiger partial charge in [0.2, 0.25) is 0 Å². The number of aryl methyl sites for hydroxylation is 1. The van der Waals surface area contributed by atoms with Gasteiger partial charge in [0.15, 0.2) is 5.54 Å². The van der Waals surface area contributed by atoms with Crippen molar-refractivity contribution in [3.05, 3.63) is 126 Å². The molecule has 3 aromatic rings. The molecule has 0 amide bonds. The van der Waals surface area contributed by atoms with Crippen molar-refractivity contribution in [2.24, 2.45) is 4.99 Å². The number of rotatable bonds is 3. The second kappa shape index (κ2) is 7.10. The number of nitrogens with zero attached hydrogens (tertiary/aromatic N) is 2. The molecule has 0 saturated carbocycles. The summed E-state index contributed by atoms with van der Waals surface area (Å²) in [6.07, 6.45) is 8.40. The summed E-state index contributed by atoms with van der Waals surface area (Å²) < 4.78 is 0. The molecule has 1 atom stereocenters. The average molecular weight is 377 g/mol. The first kappa shape index (κ1) is 17.5. The summed E-state index contributed by atoms with van der Waals surface area (Å²) in [5, 5.41) is 3.65. The quantitative estimate of drug-likeness (QED) is 0.655. The molecule has 0 aliphatic carbocycles. The number of anilines is 1. The lowest BCUT2D eigenvalue weighted by Crippen LogP contribution is -2.50. The molecule has 0 bridgehead atoms. The predicted molar refractivity (Wildman–Crippen MR) is 120 cm³/mol. The van der Waals surface area contributed by atoms with Gasteiger partial charge in [-0.2, -0.15) is 0 Å². The van der Waals surface area contributed by atoms with E-state index in [0.717, 1.165) is 11.5 Å². The van der Waals surface area contributed by atoms with Gasteiger partial charge >= 0.3 is 0 Å². The first-order valence-corrected chi connectivity index (χ1v) is 9.95. The second-order valence-electron chi connectivity index (χ2n) is 7.46. The molecule has 0 saturated heterocycles. The molecule has 2 heterocycles. The fraction of sp³-hybridized carbons (Fsp3) is 0.115. The molecule has 0 fully saturated rings. The lowest BCUT2D eigenvalue weighted by Gasteiger charge is -2.42. The zero-order valence-corrected chi connectivity index (χ0v) is 16.4. The number of hydrogen-bond acceptors (Lipinski definition) is 3. The molecule has 5 rings (SSSR count). The van der Waals surface area contributed by atoms with Gasteiger partial charge in [0, 0.05) is 11.9 Å². The molecule has 29 heavy (non-hydrogen) atoms. The maximum atomic E-state index is 5.13. The molecule has 3 aromatic carbocycles. The van der Waals surface area contributed by atoms with Crippen LogP contribution < -0.4 is 5.32 Å². The minimum Gasteiger partial charge on any atom is -0.341 e. The van der Waals surface area contributed by atoms with Crippen molar-refractivity contribution in [2.75, 3.05) is 5.32 Å². The van der Waals surface area contributed by atoms with Crippen molar-refractivity contribution in [3.63, 3.8) is 0 Å². The van der Waals surface area contributed by atoms with Gasteiger partial charge in [0.05, 0.1) is 0 Å². The third kappa shape index (κ3) is 2.87. The SMILES string of the molecule is Cc1ccc(NC2=NC3C=CC=CN3C2(c2ccccc2)c2ccccc2)cc1. The molecule has 2 aliphatic rings. The summed E-state index contributed by atoms with van der Waals surface area (Å²) in [6, 6.07) is 29.7. The second-order valence-corrected chi connectivity index (χ2v) is 7.46. The molecule has 3 heteroatoms. The van der Waals surface area contributed by atoms with E-state index in [4.69, 9.17) is 4.99 Å². The molecule has 0 aromatic heterocycles. The minimum absolute atomic E-state index is 0.0478. The van der Waals surface area contributed by atoms with E-state index in [2.05, 4.69) is 126 Å². The lowest BCUT2D eigenvalue weighted by molar-refractivity contribution is 0.249. The van der Waals surface area contributed by atoms with Crippen molar-refractivity contribution in [1.82, 2.24) is 4.90 Å². The number of fused-ring (bicyclic) bond motifs is 1. The van der Waals surface area contributed by atoms with Gasteiger partial charge in [-0.15, -0.1) is 0 Å². The number of allylic oxidation sites excluding steroid dienone is 2. The average Bonchev–Trinajstić information content (AvgIpc) is 3.11. The van der Waals surface area contributed by atoms with Crippen LogP contribution >= 0.6 is 0 Å². The van der Waals surface area contributed by atoms with E-state index in [9.17, 15) is 0 Å². The Kier molecular flexibility index (Phi) is 4.28. The number of nitrogens with one attached hydrogen (secondary N) is 1. The summed E-state index contributed by atoms with van der Waals surface area (Å²) in [5.41, 5.74) is 4.13. The van der Waals surface area contributed by atoms with Gasteiger partial charge in [-0.3, -0.25) is 0 Å². The summed E-state index contributed by atoms with van der Waals surface area (Å²) in [4.78, 5) is 7.47. The highest BCUT2D eigenvalue weighted by molar-refractivity contribution is 6.07. The summed E-state index contributed by atoms with van der Waals surface area (Å²) in [6.45, 7) is 2.10. The highest BCUT2D eigenvalue weighted by atomic mass is 15.4. The van der Waals surface area contributed by atoms with E-state index in [1.165, 1.54) is 16.7 Å². The zero-order valence-electron chi connectivity index (χ0n) is 16.4. The van der Waals surface area contributed by atoms with Crippen LogP contribution in [0.5, 0.6) is 0 Å². The van der Waals surface area contributed by atoms with Crippen LogP contribution in [-0.4, -0.2) is 16.9 Å². The Morgan fingerprint density at radius 2 is 1.41 bits per heavy atom. The Labute approximate surface area is 171 Å². The van der Waals surface area contributed by atoms with Gasteiger partial charge in [0.1, 0.15) is 12.0 Å². The molecule has 1 unspecified atom stereocenters. The van der Waals surface area contributed by atoms with Crippen LogP contribution in [0.2, 0.25) is 0 Å². The van der Waals surface area contributed by atoms with Crippen molar-refractivity contribution in [1.29, 1.82) is 0 Å². The molecular formula is C26H23N3. The largest absolute Gasteiger partial charge is 0.341 e. The number of hydrogen-bond donors (Lipinski definition) is 1. The van der Waals surface area contributed by atoms with Gasteiger partial charge in [-0.05, 0) is 42.3 Å². The van der Waals surface area contributed by atoms with E-state index < -0.39 is 5.54 Å². The molecule has 1 N–H and O–H groups in total. The van der Waals surface area contributed by atoms with Gasteiger partial charge in [-0.1, -0.05) is 84.4 Å². The monoisotopic (exact) mass is 377 g/mol. The Balaban J connectivity index is 1.72. The number of aliphatic imine (C=N–C) groups is 1. The number of benzene rings is 3. The molecular weight excluding hydrogens is 354 g/mol. The van der Waals surface area contributed by atoms with Crippen LogP contribution in [0.25, 0.3) is 0 Å². The third-order valence-corrected chi connectivity index (χ3v) is 5.61. The van der Waals surface area contributed by atoms with Crippen LogP contribution in [0, 0.1) is 6.92 Å². The number of amidine groups is 1. The first-order chi connectivity index (χ1) is 14.3. The van der Waals surface area contributed by atoms with Crippen molar-refractivity contribution >= 4 is 11.5 Å². The van der Waals surface area contributed by atoms with Crippen LogP contribution in [0.3, 0.4) is 0 Å². The standard InChI is InChI=1S/C26H23N3/c1-20-15-17-23(18-16-20)27-25-26(21-10-4-2-5-11-21,22-12-6-3-7-13-22)29-19-9-8-14-24(29)28-25/h2-19,24H,1H3,(H,27,28). The van der Waals surface area contributed by atoms with E-state index >= 15 is 0 Å². The van der Waals surface area contributed by atoms with E-state index in [-0.39, 0.29) is 6.17 Å². The highest BCUT2D eigenvalue weighted by Crippen LogP contribution is 2.44. The Hall–Kier alpha value is -3.59. The van der Waals surface area contributed by atoms with Crippen molar-refractivity contribution in [2.45, 2.75) is 18.6 Å². The maximum Gasteiger partial charge on any atom is 0.150 e. The van der Waals surface area contributed by atoms with E-state index in [1.807, 2.05) is 0 Å². The normalized spacial score (nSPS) is 19.0. The fourth-order valence-electron chi connectivity index (χ4n) is 4.24. The fourth-order valence-corrected chi connectivity index (χ4v) is 4.24. The Morgan fingerprint density at radius 3 is 2.03 bits per heavy atom. The lowest BCUT2D eigenvalue weighted by atomic mass is 9.80. The minimum atomic E-state index is -0.528. The molecule has 3 nitrogen and oxygen atoms in total. The van der Waals surface area contributed by atoms with E-state index in [0.29, 0.717) is 0 Å². The van der Waals surface area contributed by atoms with Gasteiger partial charge < -0.3 is 10.2 Å². The molecule has 0 radical (unpaired) electrons. The Morgan fingerprint density at radius 1 is 0.793 bits per heavy atom. The van der Waals surface area contributed by atoms with Crippen molar-refractivity contribution < 1.29 is 0 Å². The summed E-state index contributed by atoms with van der Waals surface area (Å²) >= 11 is 0. The molecule has 2 aliphatic heterocycles. The summed E-state index contributed by atoms with van der Waals surface area (Å²) in [5.74, 6) is 0.931. The van der Waals surface area contributed by atoms with Gasteiger partial charge in [0.25, 0.3) is 0 Å². The van der Waals surface area contributed by atoms with Crippen molar-refractivity contribution in [3.8, 4) is 0 Å². The molecule has 142 valence electrons. The third-order valence-electron chi connectivity index (χ3n) is 5.61. The maximum absolute atomic E-state index is 5.13. The topological polar surface area (TPSA) is 27.6 Å². The smallest absolute Gasteiger partial charge is 0.150 e. The van der Waals surface area contributed by atoms with Crippen LogP contribution in [0.15, 0.2) is 114 Å². The van der Waals surface area contributed by atoms with Gasteiger partial charge in [-0.25, -0.2) is 4.99 Å². The Bertz CT molecular complexity index is 1040. The van der Waals surface area contributed by atoms with Crippen LogP contribution in [-0.2, 0) is 5.54 Å². The highest BCUT2D eigenvalue weighted by Gasteiger charge is 2.51. The van der Waals surface area contributed by atoms with Crippen LogP contribution in [0.4, 0.5) is 5.69 Å². The van der Waals surface area contributed by atoms with E-state index in [1.54, 1.807) is 0 Å².